The van der Waals surface area contributed by atoms with Crippen LogP contribution in [0.3, 0.4) is 0 Å². The highest BCUT2D eigenvalue weighted by atomic mass is 16.4. The molecule has 3 rings (SSSR count). The van der Waals surface area contributed by atoms with Crippen molar-refractivity contribution in [2.45, 2.75) is 19.3 Å². The molecular weight excluding hydrogens is 294 g/mol. The molecule has 6 nitrogen and oxygen atoms in total. The molecule has 0 spiro atoms. The largest absolute Gasteiger partial charge is 0.477 e. The molecule has 2 heterocycles. The van der Waals surface area contributed by atoms with E-state index in [-0.39, 0.29) is 5.56 Å². The molecule has 1 aromatic heterocycles. The number of aromatic amines is 1. The van der Waals surface area contributed by atoms with Gasteiger partial charge in [-0.05, 0) is 30.7 Å². The van der Waals surface area contributed by atoms with Gasteiger partial charge in [0.25, 0.3) is 5.56 Å². The monoisotopic (exact) mass is 313 g/mol. The van der Waals surface area contributed by atoms with Crippen LogP contribution in [-0.2, 0) is 6.42 Å². The van der Waals surface area contributed by atoms with Crippen LogP contribution in [0.15, 0.2) is 41.3 Å². The molecule has 0 saturated carbocycles. The lowest BCUT2D eigenvalue weighted by Gasteiger charge is -2.32. The molecule has 1 aliphatic heterocycles. The van der Waals surface area contributed by atoms with Gasteiger partial charge in [0.15, 0.2) is 0 Å². The second kappa shape index (κ2) is 6.64. The van der Waals surface area contributed by atoms with E-state index in [1.165, 1.54) is 5.56 Å². The second-order valence-corrected chi connectivity index (χ2v) is 5.87. The van der Waals surface area contributed by atoms with Crippen molar-refractivity contribution in [3.05, 3.63) is 58.0 Å². The number of nitrogens with zero attached hydrogens (tertiary/aromatic N) is 2. The summed E-state index contributed by atoms with van der Waals surface area (Å²) in [4.78, 5) is 31.2. The zero-order valence-corrected chi connectivity index (χ0v) is 12.7. The average Bonchev–Trinajstić information content (AvgIpc) is 2.56. The van der Waals surface area contributed by atoms with Crippen LogP contribution in [0.25, 0.3) is 0 Å². The first-order valence-corrected chi connectivity index (χ1v) is 7.75. The number of aromatic carboxylic acids is 1. The fraction of sp³-hybridized carbons (Fsp3) is 0.353. The van der Waals surface area contributed by atoms with E-state index in [0.29, 0.717) is 11.9 Å². The SMILES string of the molecule is O=C(O)c1cnc(N2CCC(Cc3ccccc3)CC2)[nH]c1=O. The number of hydrogen-bond acceptors (Lipinski definition) is 4. The van der Waals surface area contributed by atoms with Crippen LogP contribution in [-0.4, -0.2) is 34.1 Å². The van der Waals surface area contributed by atoms with E-state index in [2.05, 4.69) is 34.2 Å². The number of benzene rings is 1. The minimum absolute atomic E-state index is 0.326. The molecule has 120 valence electrons. The predicted molar refractivity (Wildman–Crippen MR) is 86.9 cm³/mol. The molecular formula is C17H19N3O3. The summed E-state index contributed by atoms with van der Waals surface area (Å²) in [6.07, 6.45) is 4.25. The van der Waals surface area contributed by atoms with Gasteiger partial charge in [0.2, 0.25) is 5.95 Å². The molecule has 2 N–H and O–H groups in total. The maximum absolute atomic E-state index is 11.7. The van der Waals surface area contributed by atoms with Gasteiger partial charge in [0, 0.05) is 13.1 Å². The lowest BCUT2D eigenvalue weighted by atomic mass is 9.90. The number of rotatable bonds is 4. The quantitative estimate of drug-likeness (QED) is 0.900. The Hall–Kier alpha value is -2.63. The Morgan fingerprint density at radius 2 is 1.96 bits per heavy atom. The first-order chi connectivity index (χ1) is 11.1. The van der Waals surface area contributed by atoms with Gasteiger partial charge in [-0.15, -0.1) is 0 Å². The highest BCUT2D eigenvalue weighted by Gasteiger charge is 2.21. The van der Waals surface area contributed by atoms with Crippen LogP contribution in [0.5, 0.6) is 0 Å². The van der Waals surface area contributed by atoms with Gasteiger partial charge in [-0.2, -0.15) is 0 Å². The molecule has 0 atom stereocenters. The van der Waals surface area contributed by atoms with Crippen LogP contribution in [0.1, 0.15) is 28.8 Å². The minimum Gasteiger partial charge on any atom is -0.477 e. The number of H-pyrrole nitrogens is 1. The first kappa shape index (κ1) is 15.3. The fourth-order valence-corrected chi connectivity index (χ4v) is 2.99. The molecule has 1 fully saturated rings. The van der Waals surface area contributed by atoms with Crippen molar-refractivity contribution in [1.29, 1.82) is 0 Å². The molecule has 0 unspecified atom stereocenters. The summed E-state index contributed by atoms with van der Waals surface area (Å²) in [6.45, 7) is 1.62. The maximum atomic E-state index is 11.7. The second-order valence-electron chi connectivity index (χ2n) is 5.87. The lowest BCUT2D eigenvalue weighted by molar-refractivity contribution is 0.0694. The third-order valence-corrected chi connectivity index (χ3v) is 4.30. The summed E-state index contributed by atoms with van der Waals surface area (Å²) >= 11 is 0. The molecule has 1 saturated heterocycles. The van der Waals surface area contributed by atoms with Crippen LogP contribution < -0.4 is 10.5 Å². The van der Waals surface area contributed by atoms with Gasteiger partial charge in [-0.25, -0.2) is 9.78 Å². The smallest absolute Gasteiger partial charge is 0.342 e. The van der Waals surface area contributed by atoms with Crippen LogP contribution >= 0.6 is 0 Å². The fourth-order valence-electron chi connectivity index (χ4n) is 2.99. The zero-order chi connectivity index (χ0) is 16.2. The highest BCUT2D eigenvalue weighted by molar-refractivity contribution is 5.86. The van der Waals surface area contributed by atoms with Crippen molar-refractivity contribution in [3.63, 3.8) is 0 Å². The number of aromatic nitrogens is 2. The Morgan fingerprint density at radius 3 is 2.57 bits per heavy atom. The summed E-state index contributed by atoms with van der Waals surface area (Å²) in [6, 6.07) is 10.4. The van der Waals surface area contributed by atoms with E-state index in [0.717, 1.165) is 38.5 Å². The number of carboxylic acids is 1. The predicted octanol–water partition coefficient (Wildman–Crippen LogP) is 1.93. The minimum atomic E-state index is -1.26. The number of carboxylic acid groups (broad SMARTS) is 1. The van der Waals surface area contributed by atoms with Gasteiger partial charge in [0.1, 0.15) is 5.56 Å². The van der Waals surface area contributed by atoms with E-state index in [9.17, 15) is 9.59 Å². The van der Waals surface area contributed by atoms with Gasteiger partial charge < -0.3 is 10.0 Å². The van der Waals surface area contributed by atoms with Crippen molar-refractivity contribution in [2.75, 3.05) is 18.0 Å². The van der Waals surface area contributed by atoms with Gasteiger partial charge in [0.05, 0.1) is 6.20 Å². The molecule has 6 heteroatoms. The standard InChI is InChI=1S/C17H19N3O3/c21-15-14(16(22)23)11-18-17(19-15)20-8-6-13(7-9-20)10-12-4-2-1-3-5-12/h1-5,11,13H,6-10H2,(H,22,23)(H,18,19,21). The average molecular weight is 313 g/mol. The van der Waals surface area contributed by atoms with Crippen molar-refractivity contribution >= 4 is 11.9 Å². The van der Waals surface area contributed by atoms with Crippen molar-refractivity contribution < 1.29 is 9.90 Å². The molecule has 0 amide bonds. The van der Waals surface area contributed by atoms with Crippen LogP contribution in [0, 0.1) is 5.92 Å². The van der Waals surface area contributed by atoms with E-state index < -0.39 is 11.5 Å². The third kappa shape index (κ3) is 3.59. The number of anilines is 1. The number of hydrogen-bond donors (Lipinski definition) is 2. The maximum Gasteiger partial charge on any atom is 0.342 e. The van der Waals surface area contributed by atoms with E-state index in [1.54, 1.807) is 0 Å². The molecule has 1 aliphatic rings. The Bertz CT molecular complexity index is 734. The van der Waals surface area contributed by atoms with Crippen LogP contribution in [0.4, 0.5) is 5.95 Å². The number of piperidine rings is 1. The summed E-state index contributed by atoms with van der Waals surface area (Å²) in [7, 11) is 0. The van der Waals surface area contributed by atoms with Gasteiger partial charge in [-0.3, -0.25) is 9.78 Å². The van der Waals surface area contributed by atoms with Crippen molar-refractivity contribution in [2.24, 2.45) is 5.92 Å². The molecule has 0 aliphatic carbocycles. The van der Waals surface area contributed by atoms with E-state index in [1.807, 2.05) is 11.0 Å². The van der Waals surface area contributed by atoms with Crippen molar-refractivity contribution in [3.8, 4) is 0 Å². The summed E-state index contributed by atoms with van der Waals surface area (Å²) < 4.78 is 0. The van der Waals surface area contributed by atoms with E-state index in [4.69, 9.17) is 5.11 Å². The number of nitrogens with one attached hydrogen (secondary N) is 1. The molecule has 2 aromatic rings. The molecule has 0 radical (unpaired) electrons. The van der Waals surface area contributed by atoms with E-state index >= 15 is 0 Å². The summed E-state index contributed by atoms with van der Waals surface area (Å²) in [5.41, 5.74) is 0.421. The first-order valence-electron chi connectivity index (χ1n) is 7.75. The topological polar surface area (TPSA) is 86.3 Å². The van der Waals surface area contributed by atoms with Crippen LogP contribution in [0.2, 0.25) is 0 Å². The Morgan fingerprint density at radius 1 is 1.26 bits per heavy atom. The Kier molecular flexibility index (Phi) is 4.41. The summed E-state index contributed by atoms with van der Waals surface area (Å²) in [5, 5.41) is 8.87. The number of carbonyl (C=O) groups is 1. The molecule has 1 aromatic carbocycles. The zero-order valence-electron chi connectivity index (χ0n) is 12.7. The third-order valence-electron chi connectivity index (χ3n) is 4.30. The lowest BCUT2D eigenvalue weighted by Crippen LogP contribution is -2.36. The normalized spacial score (nSPS) is 15.6. The molecule has 0 bridgehead atoms. The Balaban J connectivity index is 1.62. The Labute approximate surface area is 133 Å². The van der Waals surface area contributed by atoms with Crippen molar-refractivity contribution in [1.82, 2.24) is 9.97 Å². The highest BCUT2D eigenvalue weighted by Crippen LogP contribution is 2.23. The molecule has 23 heavy (non-hydrogen) atoms. The van der Waals surface area contributed by atoms with Gasteiger partial charge >= 0.3 is 5.97 Å². The summed E-state index contributed by atoms with van der Waals surface area (Å²) in [5.74, 6) is -0.177. The van der Waals surface area contributed by atoms with Gasteiger partial charge in [-0.1, -0.05) is 30.3 Å².